The molecule has 1 saturated heterocycles. The van der Waals surface area contributed by atoms with Crippen LogP contribution in [0.4, 0.5) is 0 Å². The normalized spacial score (nSPS) is 19.8. The molecule has 0 aromatic heterocycles. The van der Waals surface area contributed by atoms with Crippen molar-refractivity contribution in [3.8, 4) is 0 Å². The SMILES string of the molecule is Cl.O=C(NCCC1CCNC1)c1ccc(CNC(=O)C2CCCC2)cc1. The van der Waals surface area contributed by atoms with E-state index in [0.717, 1.165) is 44.5 Å². The van der Waals surface area contributed by atoms with Gasteiger partial charge in [0.1, 0.15) is 0 Å². The summed E-state index contributed by atoms with van der Waals surface area (Å²) in [4.78, 5) is 24.2. The van der Waals surface area contributed by atoms with E-state index in [1.807, 2.05) is 24.3 Å². The lowest BCUT2D eigenvalue weighted by Gasteiger charge is -2.11. The molecule has 1 atom stereocenters. The van der Waals surface area contributed by atoms with Crippen molar-refractivity contribution in [1.82, 2.24) is 16.0 Å². The van der Waals surface area contributed by atoms with Gasteiger partial charge in [-0.3, -0.25) is 9.59 Å². The van der Waals surface area contributed by atoms with Crippen molar-refractivity contribution in [1.29, 1.82) is 0 Å². The summed E-state index contributed by atoms with van der Waals surface area (Å²) in [6, 6.07) is 7.52. The quantitative estimate of drug-likeness (QED) is 0.682. The Morgan fingerprint density at radius 1 is 1.04 bits per heavy atom. The molecule has 1 aliphatic heterocycles. The van der Waals surface area contributed by atoms with Crippen LogP contribution in [0.3, 0.4) is 0 Å². The molecule has 1 aliphatic carbocycles. The second-order valence-corrected chi connectivity index (χ2v) is 7.30. The summed E-state index contributed by atoms with van der Waals surface area (Å²) in [5.74, 6) is 1.03. The highest BCUT2D eigenvalue weighted by Crippen LogP contribution is 2.24. The molecule has 1 heterocycles. The van der Waals surface area contributed by atoms with Gasteiger partial charge in [0.2, 0.25) is 5.91 Å². The van der Waals surface area contributed by atoms with Gasteiger partial charge >= 0.3 is 0 Å². The molecule has 2 aliphatic rings. The third kappa shape index (κ3) is 5.99. The van der Waals surface area contributed by atoms with Crippen LogP contribution in [0.2, 0.25) is 0 Å². The number of hydrogen-bond acceptors (Lipinski definition) is 3. The molecular weight excluding hydrogens is 350 g/mol. The highest BCUT2D eigenvalue weighted by Gasteiger charge is 2.22. The molecule has 0 bridgehead atoms. The largest absolute Gasteiger partial charge is 0.352 e. The molecule has 26 heavy (non-hydrogen) atoms. The van der Waals surface area contributed by atoms with Gasteiger partial charge in [-0.15, -0.1) is 12.4 Å². The van der Waals surface area contributed by atoms with E-state index in [1.165, 1.54) is 19.3 Å². The predicted octanol–water partition coefficient (Wildman–Crippen LogP) is 2.64. The Morgan fingerprint density at radius 3 is 2.42 bits per heavy atom. The first kappa shape index (κ1) is 20.7. The number of rotatable bonds is 7. The summed E-state index contributed by atoms with van der Waals surface area (Å²) in [7, 11) is 0. The lowest BCUT2D eigenvalue weighted by Crippen LogP contribution is -2.29. The van der Waals surface area contributed by atoms with E-state index in [-0.39, 0.29) is 30.1 Å². The van der Waals surface area contributed by atoms with Gasteiger partial charge in [-0.1, -0.05) is 25.0 Å². The van der Waals surface area contributed by atoms with Crippen LogP contribution in [0.1, 0.15) is 54.4 Å². The molecule has 1 unspecified atom stereocenters. The molecule has 144 valence electrons. The zero-order valence-electron chi connectivity index (χ0n) is 15.3. The molecule has 6 heteroatoms. The van der Waals surface area contributed by atoms with Crippen molar-refractivity contribution in [3.05, 3.63) is 35.4 Å². The number of halogens is 1. The van der Waals surface area contributed by atoms with E-state index in [0.29, 0.717) is 18.0 Å². The van der Waals surface area contributed by atoms with Crippen LogP contribution in [0.15, 0.2) is 24.3 Å². The summed E-state index contributed by atoms with van der Waals surface area (Å²) >= 11 is 0. The Bertz CT molecular complexity index is 579. The third-order valence-electron chi connectivity index (χ3n) is 5.41. The zero-order valence-corrected chi connectivity index (χ0v) is 16.1. The molecule has 0 spiro atoms. The molecule has 1 aromatic rings. The molecule has 3 N–H and O–H groups in total. The smallest absolute Gasteiger partial charge is 0.251 e. The summed E-state index contributed by atoms with van der Waals surface area (Å²) in [6.45, 7) is 3.42. The Labute approximate surface area is 162 Å². The summed E-state index contributed by atoms with van der Waals surface area (Å²) in [5.41, 5.74) is 1.70. The van der Waals surface area contributed by atoms with Gasteiger partial charge in [0.15, 0.2) is 0 Å². The second-order valence-electron chi connectivity index (χ2n) is 7.30. The van der Waals surface area contributed by atoms with Crippen molar-refractivity contribution in [2.24, 2.45) is 11.8 Å². The Morgan fingerprint density at radius 2 is 1.77 bits per heavy atom. The molecule has 2 fully saturated rings. The average Bonchev–Trinajstić information content (AvgIpc) is 3.34. The van der Waals surface area contributed by atoms with Crippen LogP contribution in [0.25, 0.3) is 0 Å². The van der Waals surface area contributed by atoms with E-state index in [1.54, 1.807) is 0 Å². The molecule has 1 aromatic carbocycles. The van der Waals surface area contributed by atoms with Gasteiger partial charge in [0.25, 0.3) is 5.91 Å². The second kappa shape index (κ2) is 10.5. The van der Waals surface area contributed by atoms with Crippen LogP contribution in [-0.2, 0) is 11.3 Å². The molecule has 3 rings (SSSR count). The number of nitrogens with one attached hydrogen (secondary N) is 3. The van der Waals surface area contributed by atoms with Crippen molar-refractivity contribution in [3.63, 3.8) is 0 Å². The summed E-state index contributed by atoms with van der Waals surface area (Å²) in [5, 5.41) is 9.35. The lowest BCUT2D eigenvalue weighted by molar-refractivity contribution is -0.124. The summed E-state index contributed by atoms with van der Waals surface area (Å²) in [6.07, 6.45) is 6.60. The molecule has 2 amide bonds. The molecule has 1 saturated carbocycles. The highest BCUT2D eigenvalue weighted by atomic mass is 35.5. The van der Waals surface area contributed by atoms with Crippen molar-refractivity contribution >= 4 is 24.2 Å². The van der Waals surface area contributed by atoms with Crippen LogP contribution >= 0.6 is 12.4 Å². The third-order valence-corrected chi connectivity index (χ3v) is 5.41. The maximum absolute atomic E-state index is 12.2. The van der Waals surface area contributed by atoms with Gasteiger partial charge in [0.05, 0.1) is 0 Å². The van der Waals surface area contributed by atoms with Crippen LogP contribution in [0.5, 0.6) is 0 Å². The monoisotopic (exact) mass is 379 g/mol. The molecular formula is C20H30ClN3O2. The maximum atomic E-state index is 12.2. The van der Waals surface area contributed by atoms with E-state index in [9.17, 15) is 9.59 Å². The number of carbonyl (C=O) groups is 2. The standard InChI is InChI=1S/C20H29N3O2.ClH/c24-19(22-12-10-16-9-11-21-13-16)18-7-5-15(6-8-18)14-23-20(25)17-3-1-2-4-17;/h5-8,16-17,21H,1-4,9-14H2,(H,22,24)(H,23,25);1H. The van der Waals surface area contributed by atoms with Crippen molar-refractivity contribution in [2.75, 3.05) is 19.6 Å². The lowest BCUT2D eigenvalue weighted by atomic mass is 10.1. The minimum atomic E-state index is -0.0208. The molecule has 5 nitrogen and oxygen atoms in total. The Hall–Kier alpha value is -1.59. The van der Waals surface area contributed by atoms with Gasteiger partial charge in [-0.25, -0.2) is 0 Å². The van der Waals surface area contributed by atoms with Crippen LogP contribution in [0, 0.1) is 11.8 Å². The Balaban J connectivity index is 0.00000243. The number of hydrogen-bond donors (Lipinski definition) is 3. The Kier molecular flexibility index (Phi) is 8.39. The first-order valence-electron chi connectivity index (χ1n) is 9.58. The minimum Gasteiger partial charge on any atom is -0.352 e. The average molecular weight is 380 g/mol. The van der Waals surface area contributed by atoms with Crippen LogP contribution < -0.4 is 16.0 Å². The highest BCUT2D eigenvalue weighted by molar-refractivity contribution is 5.94. The fourth-order valence-electron chi connectivity index (χ4n) is 3.75. The van der Waals surface area contributed by atoms with E-state index >= 15 is 0 Å². The van der Waals surface area contributed by atoms with E-state index in [4.69, 9.17) is 0 Å². The topological polar surface area (TPSA) is 70.2 Å². The fourth-order valence-corrected chi connectivity index (χ4v) is 3.75. The van der Waals surface area contributed by atoms with Crippen LogP contribution in [-0.4, -0.2) is 31.4 Å². The first-order chi connectivity index (χ1) is 12.2. The number of benzene rings is 1. The number of amides is 2. The summed E-state index contributed by atoms with van der Waals surface area (Å²) < 4.78 is 0. The first-order valence-corrected chi connectivity index (χ1v) is 9.58. The van der Waals surface area contributed by atoms with Gasteiger partial charge in [-0.2, -0.15) is 0 Å². The van der Waals surface area contributed by atoms with Crippen molar-refractivity contribution in [2.45, 2.75) is 45.1 Å². The zero-order chi connectivity index (χ0) is 17.5. The van der Waals surface area contributed by atoms with E-state index < -0.39 is 0 Å². The van der Waals surface area contributed by atoms with Gasteiger partial charge < -0.3 is 16.0 Å². The van der Waals surface area contributed by atoms with Gasteiger partial charge in [-0.05, 0) is 62.4 Å². The van der Waals surface area contributed by atoms with Crippen molar-refractivity contribution < 1.29 is 9.59 Å². The van der Waals surface area contributed by atoms with Gasteiger partial charge in [0, 0.05) is 24.6 Å². The maximum Gasteiger partial charge on any atom is 0.251 e. The fraction of sp³-hybridized carbons (Fsp3) is 0.600. The van der Waals surface area contributed by atoms with E-state index in [2.05, 4.69) is 16.0 Å². The predicted molar refractivity (Wildman–Crippen MR) is 105 cm³/mol. The molecule has 0 radical (unpaired) electrons. The minimum absolute atomic E-state index is 0. The number of carbonyl (C=O) groups excluding carboxylic acids is 2.